The van der Waals surface area contributed by atoms with E-state index in [0.29, 0.717) is 22.8 Å². The number of aliphatic hydroxyl groups excluding tert-OH is 2. The van der Waals surface area contributed by atoms with Crippen molar-refractivity contribution in [2.45, 2.75) is 12.6 Å². The summed E-state index contributed by atoms with van der Waals surface area (Å²) in [7, 11) is 3.05. The van der Waals surface area contributed by atoms with Gasteiger partial charge in [-0.25, -0.2) is 4.68 Å². The molecule has 0 fully saturated rings. The highest BCUT2D eigenvalue weighted by Crippen LogP contribution is 2.31. The number of ether oxygens (including phenoxy) is 2. The average Bonchev–Trinajstić information content (AvgIpc) is 2.96. The number of aliphatic hydroxyl groups is 2. The fourth-order valence-electron chi connectivity index (χ4n) is 2.00. The Morgan fingerprint density at radius 2 is 1.91 bits per heavy atom. The lowest BCUT2D eigenvalue weighted by Gasteiger charge is -2.12. The Morgan fingerprint density at radius 3 is 2.41 bits per heavy atom. The maximum absolute atomic E-state index is 9.60. The maximum Gasteiger partial charge on any atom is 0.190 e. The molecule has 2 aromatic rings. The van der Waals surface area contributed by atoms with Crippen LogP contribution in [0.15, 0.2) is 18.2 Å². The third kappa shape index (κ3) is 3.16. The van der Waals surface area contributed by atoms with Crippen molar-refractivity contribution in [3.63, 3.8) is 0 Å². The summed E-state index contributed by atoms with van der Waals surface area (Å²) in [6.07, 6.45) is -1.00. The molecule has 0 amide bonds. The Bertz CT molecular complexity index is 670. The molecule has 1 aromatic carbocycles. The number of methoxy groups -OCH3 is 2. The van der Waals surface area contributed by atoms with Crippen LogP contribution in [0.4, 0.5) is 0 Å². The molecule has 116 valence electrons. The van der Waals surface area contributed by atoms with Gasteiger partial charge in [-0.05, 0) is 12.1 Å². The van der Waals surface area contributed by atoms with Crippen LogP contribution in [-0.4, -0.2) is 52.1 Å². The van der Waals surface area contributed by atoms with Crippen molar-refractivity contribution >= 4 is 0 Å². The summed E-state index contributed by atoms with van der Waals surface area (Å²) >= 11 is 0. The van der Waals surface area contributed by atoms with Crippen LogP contribution in [0.5, 0.6) is 11.5 Å². The minimum atomic E-state index is -1.00. The minimum absolute atomic E-state index is 0.0139. The molecule has 1 unspecified atom stereocenters. The third-order valence-corrected chi connectivity index (χ3v) is 3.06. The normalized spacial score (nSPS) is 11.8. The Hall–Kier alpha value is -2.63. The summed E-state index contributed by atoms with van der Waals surface area (Å²) in [5.74, 6) is 1.10. The number of benzene rings is 1. The van der Waals surface area contributed by atoms with Crippen molar-refractivity contribution in [2.75, 3.05) is 20.8 Å². The van der Waals surface area contributed by atoms with Crippen LogP contribution >= 0.6 is 0 Å². The van der Waals surface area contributed by atoms with Crippen molar-refractivity contribution in [2.24, 2.45) is 0 Å². The van der Waals surface area contributed by atoms with Crippen LogP contribution in [0.25, 0.3) is 11.3 Å². The summed E-state index contributed by atoms with van der Waals surface area (Å²) in [4.78, 5) is 0. The average molecular weight is 304 g/mol. The van der Waals surface area contributed by atoms with E-state index in [-0.39, 0.29) is 12.2 Å². The molecule has 1 heterocycles. The molecule has 1 aromatic heterocycles. The van der Waals surface area contributed by atoms with Crippen LogP contribution in [0, 0.1) is 11.3 Å². The van der Waals surface area contributed by atoms with Crippen molar-refractivity contribution in [1.82, 2.24) is 15.0 Å². The number of hydrogen-bond acceptors (Lipinski definition) is 7. The highest BCUT2D eigenvalue weighted by Gasteiger charge is 2.18. The van der Waals surface area contributed by atoms with E-state index in [0.717, 1.165) is 0 Å². The fraction of sp³-hybridized carbons (Fsp3) is 0.357. The zero-order valence-corrected chi connectivity index (χ0v) is 12.2. The summed E-state index contributed by atoms with van der Waals surface area (Å²) in [6, 6.07) is 7.09. The van der Waals surface area contributed by atoms with Gasteiger partial charge in [0.25, 0.3) is 0 Å². The van der Waals surface area contributed by atoms with E-state index in [4.69, 9.17) is 14.6 Å². The SMILES string of the molecule is COc1cc(OC)cc(-c2c(C#N)nnn2CC(O)CO)c1. The molecular weight excluding hydrogens is 288 g/mol. The molecule has 0 saturated carbocycles. The standard InChI is InChI=1S/C14H16N4O4/c1-21-11-3-9(4-12(5-11)22-2)14-13(6-15)16-17-18(14)7-10(20)8-19/h3-5,10,19-20H,7-8H2,1-2H3. The predicted octanol–water partition coefficient (Wildman–Crippen LogP) is 0.187. The summed E-state index contributed by atoms with van der Waals surface area (Å²) in [6.45, 7) is -0.400. The molecule has 0 aliphatic heterocycles. The molecule has 0 saturated heterocycles. The molecule has 0 spiro atoms. The minimum Gasteiger partial charge on any atom is -0.497 e. The second-order valence-electron chi connectivity index (χ2n) is 4.52. The van der Waals surface area contributed by atoms with Crippen molar-refractivity contribution < 1.29 is 19.7 Å². The van der Waals surface area contributed by atoms with E-state index >= 15 is 0 Å². The Balaban J connectivity index is 2.55. The highest BCUT2D eigenvalue weighted by atomic mass is 16.5. The number of rotatable bonds is 6. The molecule has 2 N–H and O–H groups in total. The molecule has 22 heavy (non-hydrogen) atoms. The number of hydrogen-bond donors (Lipinski definition) is 2. The predicted molar refractivity (Wildman–Crippen MR) is 76.4 cm³/mol. The van der Waals surface area contributed by atoms with Crippen molar-refractivity contribution in [1.29, 1.82) is 5.26 Å². The van der Waals surface area contributed by atoms with Crippen molar-refractivity contribution in [3.05, 3.63) is 23.9 Å². The molecule has 8 heteroatoms. The van der Waals surface area contributed by atoms with E-state index in [1.807, 2.05) is 6.07 Å². The summed E-state index contributed by atoms with van der Waals surface area (Å²) < 4.78 is 11.8. The molecule has 0 aliphatic carbocycles. The van der Waals surface area contributed by atoms with E-state index in [9.17, 15) is 10.4 Å². The molecular formula is C14H16N4O4. The largest absolute Gasteiger partial charge is 0.497 e. The van der Waals surface area contributed by atoms with Crippen LogP contribution in [0.2, 0.25) is 0 Å². The lowest BCUT2D eigenvalue weighted by atomic mass is 10.1. The first-order chi connectivity index (χ1) is 10.6. The van der Waals surface area contributed by atoms with Gasteiger partial charge in [-0.3, -0.25) is 0 Å². The quantitative estimate of drug-likeness (QED) is 0.783. The van der Waals surface area contributed by atoms with Gasteiger partial charge in [0.05, 0.1) is 33.5 Å². The molecule has 0 radical (unpaired) electrons. The zero-order valence-electron chi connectivity index (χ0n) is 12.2. The first kappa shape index (κ1) is 15.8. The van der Waals surface area contributed by atoms with Gasteiger partial charge in [0.1, 0.15) is 23.3 Å². The fourth-order valence-corrected chi connectivity index (χ4v) is 2.00. The smallest absolute Gasteiger partial charge is 0.190 e. The lowest BCUT2D eigenvalue weighted by Crippen LogP contribution is -2.21. The van der Waals surface area contributed by atoms with Crippen LogP contribution < -0.4 is 9.47 Å². The second kappa shape index (κ2) is 6.89. The number of aromatic nitrogens is 3. The van der Waals surface area contributed by atoms with Gasteiger partial charge in [-0.15, -0.1) is 5.10 Å². The van der Waals surface area contributed by atoms with Gasteiger partial charge in [-0.2, -0.15) is 5.26 Å². The van der Waals surface area contributed by atoms with E-state index in [1.54, 1.807) is 18.2 Å². The molecule has 0 bridgehead atoms. The monoisotopic (exact) mass is 304 g/mol. The van der Waals surface area contributed by atoms with Gasteiger partial charge < -0.3 is 19.7 Å². The first-order valence-electron chi connectivity index (χ1n) is 6.48. The van der Waals surface area contributed by atoms with E-state index in [1.165, 1.54) is 18.9 Å². The summed E-state index contributed by atoms with van der Waals surface area (Å²) in [5.41, 5.74) is 1.15. The lowest BCUT2D eigenvalue weighted by molar-refractivity contribution is 0.0782. The van der Waals surface area contributed by atoms with Crippen molar-refractivity contribution in [3.8, 4) is 28.8 Å². The Kier molecular flexibility index (Phi) is 4.93. The van der Waals surface area contributed by atoms with Gasteiger partial charge in [0, 0.05) is 11.6 Å². The Labute approximate surface area is 127 Å². The van der Waals surface area contributed by atoms with Gasteiger partial charge in [-0.1, -0.05) is 5.21 Å². The van der Waals surface area contributed by atoms with Gasteiger partial charge in [0.15, 0.2) is 5.69 Å². The van der Waals surface area contributed by atoms with E-state index in [2.05, 4.69) is 10.3 Å². The molecule has 1 atom stereocenters. The van der Waals surface area contributed by atoms with Gasteiger partial charge in [0.2, 0.25) is 0 Å². The maximum atomic E-state index is 9.60. The van der Waals surface area contributed by atoms with Gasteiger partial charge >= 0.3 is 0 Å². The molecule has 0 aliphatic rings. The Morgan fingerprint density at radius 1 is 1.27 bits per heavy atom. The van der Waals surface area contributed by atoms with Crippen LogP contribution in [0.1, 0.15) is 5.69 Å². The zero-order chi connectivity index (χ0) is 16.1. The topological polar surface area (TPSA) is 113 Å². The van der Waals surface area contributed by atoms with E-state index < -0.39 is 12.7 Å². The third-order valence-electron chi connectivity index (χ3n) is 3.06. The first-order valence-corrected chi connectivity index (χ1v) is 6.48. The highest BCUT2D eigenvalue weighted by molar-refractivity contribution is 5.68. The molecule has 8 nitrogen and oxygen atoms in total. The summed E-state index contributed by atoms with van der Waals surface area (Å²) in [5, 5.41) is 35.4. The number of nitrogens with zero attached hydrogens (tertiary/aromatic N) is 4. The second-order valence-corrected chi connectivity index (χ2v) is 4.52. The molecule has 2 rings (SSSR count). The number of nitriles is 1. The van der Waals surface area contributed by atoms with Crippen LogP contribution in [0.3, 0.4) is 0 Å². The van der Waals surface area contributed by atoms with Crippen LogP contribution in [-0.2, 0) is 6.54 Å².